The van der Waals surface area contributed by atoms with Crippen molar-refractivity contribution in [2.24, 2.45) is 12.8 Å². The molecule has 0 aliphatic rings. The van der Waals surface area contributed by atoms with Crippen molar-refractivity contribution in [2.75, 3.05) is 7.05 Å². The molecule has 0 fully saturated rings. The van der Waals surface area contributed by atoms with Crippen molar-refractivity contribution in [3.05, 3.63) is 12.0 Å². The number of aryl methyl sites for hydroxylation is 2. The molecule has 0 saturated carbocycles. The summed E-state index contributed by atoms with van der Waals surface area (Å²) in [5, 5.41) is 7.22. The number of amidine groups is 1. The zero-order valence-corrected chi connectivity index (χ0v) is 11.8. The van der Waals surface area contributed by atoms with E-state index in [1.807, 2.05) is 0 Å². The Bertz CT molecular complexity index is 529. The highest BCUT2D eigenvalue weighted by Gasteiger charge is 2.28. The molecule has 0 aliphatic carbocycles. The van der Waals surface area contributed by atoms with E-state index in [4.69, 9.17) is 11.1 Å². The number of hydrogen-bond acceptors (Lipinski definition) is 4. The lowest BCUT2D eigenvalue weighted by atomic mass is 10.2. The number of hydrogen-bond donors (Lipinski definition) is 2. The van der Waals surface area contributed by atoms with Crippen LogP contribution in [0.1, 0.15) is 19.2 Å². The first-order valence-electron chi connectivity index (χ1n) is 5.47. The van der Waals surface area contributed by atoms with Gasteiger partial charge in [-0.1, -0.05) is 0 Å². The quantitative estimate of drug-likeness (QED) is 0.584. The van der Waals surface area contributed by atoms with Gasteiger partial charge in [0.15, 0.2) is 5.03 Å². The largest absolute Gasteiger partial charge is 0.388 e. The molecule has 102 valence electrons. The molecule has 1 atom stereocenters. The third-order valence-corrected chi connectivity index (χ3v) is 4.71. The summed E-state index contributed by atoms with van der Waals surface area (Å²) in [5.41, 5.74) is 5.28. The van der Waals surface area contributed by atoms with Crippen LogP contribution in [0.25, 0.3) is 0 Å². The highest BCUT2D eigenvalue weighted by molar-refractivity contribution is 7.89. The second-order valence-electron chi connectivity index (χ2n) is 4.34. The van der Waals surface area contributed by atoms with Crippen LogP contribution in [-0.2, 0) is 17.1 Å². The van der Waals surface area contributed by atoms with Crippen LogP contribution < -0.4 is 5.73 Å². The molecular formula is C10H19N5O2S. The van der Waals surface area contributed by atoms with Crippen molar-refractivity contribution < 1.29 is 8.42 Å². The molecule has 1 unspecified atom stereocenters. The number of nitrogens with zero attached hydrogens (tertiary/aromatic N) is 3. The van der Waals surface area contributed by atoms with Gasteiger partial charge >= 0.3 is 0 Å². The third-order valence-electron chi connectivity index (χ3n) is 2.87. The number of sulfonamides is 1. The summed E-state index contributed by atoms with van der Waals surface area (Å²) in [7, 11) is -0.435. The van der Waals surface area contributed by atoms with Gasteiger partial charge in [0.05, 0.1) is 5.84 Å². The molecule has 0 aliphatic heterocycles. The molecule has 0 saturated heterocycles. The molecule has 7 nitrogen and oxygen atoms in total. The van der Waals surface area contributed by atoms with Gasteiger partial charge in [0, 0.05) is 32.8 Å². The van der Waals surface area contributed by atoms with Gasteiger partial charge in [-0.2, -0.15) is 4.31 Å². The molecule has 0 radical (unpaired) electrons. The summed E-state index contributed by atoms with van der Waals surface area (Å²) in [6, 6.07) is -0.380. The van der Waals surface area contributed by atoms with Crippen molar-refractivity contribution in [3.63, 3.8) is 0 Å². The SMILES string of the molecule is Cc1nc(S(=O)(=O)N(C)C(C)CC(=N)N)cn1C. The molecule has 1 rings (SSSR count). The van der Waals surface area contributed by atoms with Gasteiger partial charge in [-0.3, -0.25) is 5.41 Å². The highest BCUT2D eigenvalue weighted by Crippen LogP contribution is 2.16. The lowest BCUT2D eigenvalue weighted by Crippen LogP contribution is -2.37. The zero-order chi connectivity index (χ0) is 14.1. The Kier molecular flexibility index (Phi) is 4.12. The summed E-state index contributed by atoms with van der Waals surface area (Å²) >= 11 is 0. The fourth-order valence-corrected chi connectivity index (χ4v) is 2.86. The van der Waals surface area contributed by atoms with Gasteiger partial charge < -0.3 is 10.3 Å². The van der Waals surface area contributed by atoms with Crippen LogP contribution in [-0.4, -0.2) is 41.2 Å². The second-order valence-corrected chi connectivity index (χ2v) is 6.28. The Morgan fingerprint density at radius 2 is 2.22 bits per heavy atom. The second kappa shape index (κ2) is 5.07. The highest BCUT2D eigenvalue weighted by atomic mass is 32.2. The summed E-state index contributed by atoms with van der Waals surface area (Å²) in [5.74, 6) is 0.586. The molecule has 0 aromatic carbocycles. The smallest absolute Gasteiger partial charge is 0.262 e. The van der Waals surface area contributed by atoms with Crippen LogP contribution >= 0.6 is 0 Å². The van der Waals surface area contributed by atoms with E-state index in [-0.39, 0.29) is 23.3 Å². The minimum atomic E-state index is -3.64. The molecule has 8 heteroatoms. The number of nitrogens with two attached hydrogens (primary N) is 1. The Hall–Kier alpha value is -1.41. The Labute approximate surface area is 107 Å². The lowest BCUT2D eigenvalue weighted by Gasteiger charge is -2.22. The van der Waals surface area contributed by atoms with Crippen molar-refractivity contribution >= 4 is 15.9 Å². The lowest BCUT2D eigenvalue weighted by molar-refractivity contribution is 0.394. The average molecular weight is 273 g/mol. The topological polar surface area (TPSA) is 105 Å². The molecule has 0 amide bonds. The molecule has 0 bridgehead atoms. The first-order chi connectivity index (χ1) is 8.16. The minimum Gasteiger partial charge on any atom is -0.388 e. The summed E-state index contributed by atoms with van der Waals surface area (Å²) in [6.45, 7) is 3.44. The molecule has 18 heavy (non-hydrogen) atoms. The number of aromatic nitrogens is 2. The van der Waals surface area contributed by atoms with E-state index >= 15 is 0 Å². The Morgan fingerprint density at radius 1 is 1.67 bits per heavy atom. The summed E-state index contributed by atoms with van der Waals surface area (Å²) in [6.07, 6.45) is 1.67. The normalized spacial score (nSPS) is 13.8. The number of rotatable bonds is 5. The van der Waals surface area contributed by atoms with Crippen molar-refractivity contribution in [3.8, 4) is 0 Å². The van der Waals surface area contributed by atoms with Gasteiger partial charge in [0.2, 0.25) is 0 Å². The van der Waals surface area contributed by atoms with Crippen LogP contribution in [0.5, 0.6) is 0 Å². The maximum Gasteiger partial charge on any atom is 0.262 e. The van der Waals surface area contributed by atoms with E-state index in [0.717, 1.165) is 0 Å². The van der Waals surface area contributed by atoms with Crippen LogP contribution in [0, 0.1) is 12.3 Å². The predicted molar refractivity (Wildman–Crippen MR) is 68.9 cm³/mol. The maximum absolute atomic E-state index is 12.3. The fourth-order valence-electron chi connectivity index (χ4n) is 1.48. The van der Waals surface area contributed by atoms with Gasteiger partial charge in [-0.25, -0.2) is 13.4 Å². The molecule has 3 N–H and O–H groups in total. The first-order valence-corrected chi connectivity index (χ1v) is 6.91. The van der Waals surface area contributed by atoms with E-state index in [0.29, 0.717) is 5.82 Å². The monoisotopic (exact) mass is 273 g/mol. The molecule has 1 aromatic heterocycles. The third kappa shape index (κ3) is 2.88. The maximum atomic E-state index is 12.3. The van der Waals surface area contributed by atoms with Crippen LogP contribution in [0.4, 0.5) is 0 Å². The minimum absolute atomic E-state index is 0.0143. The van der Waals surface area contributed by atoms with E-state index in [9.17, 15) is 8.42 Å². The molecule has 1 heterocycles. The van der Waals surface area contributed by atoms with Gasteiger partial charge in [0.25, 0.3) is 10.0 Å². The van der Waals surface area contributed by atoms with E-state index in [1.165, 1.54) is 17.5 Å². The number of imidazole rings is 1. The van der Waals surface area contributed by atoms with Crippen LogP contribution in [0.15, 0.2) is 11.2 Å². The standard InChI is InChI=1S/C10H19N5O2S/c1-7(5-9(11)12)15(4)18(16,17)10-6-14(3)8(2)13-10/h6-7H,5H2,1-4H3,(H3,11,12). The van der Waals surface area contributed by atoms with E-state index < -0.39 is 10.0 Å². The molecule has 0 spiro atoms. The van der Waals surface area contributed by atoms with Gasteiger partial charge in [-0.15, -0.1) is 0 Å². The average Bonchev–Trinajstić information content (AvgIpc) is 2.57. The Balaban J connectivity index is 3.03. The predicted octanol–water partition coefficient (Wildman–Crippen LogP) is 0.0636. The fraction of sp³-hybridized carbons (Fsp3) is 0.600. The van der Waals surface area contributed by atoms with Gasteiger partial charge in [-0.05, 0) is 13.8 Å². The van der Waals surface area contributed by atoms with Gasteiger partial charge in [0.1, 0.15) is 5.82 Å². The summed E-state index contributed by atoms with van der Waals surface area (Å²) < 4.78 is 27.4. The van der Waals surface area contributed by atoms with E-state index in [1.54, 1.807) is 25.5 Å². The van der Waals surface area contributed by atoms with Crippen molar-refractivity contribution in [1.82, 2.24) is 13.9 Å². The van der Waals surface area contributed by atoms with Crippen LogP contribution in [0.3, 0.4) is 0 Å². The Morgan fingerprint density at radius 3 is 2.61 bits per heavy atom. The number of nitrogens with one attached hydrogen (secondary N) is 1. The van der Waals surface area contributed by atoms with Crippen molar-refractivity contribution in [1.29, 1.82) is 5.41 Å². The van der Waals surface area contributed by atoms with E-state index in [2.05, 4.69) is 4.98 Å². The molecule has 1 aromatic rings. The molecular weight excluding hydrogens is 254 g/mol. The first kappa shape index (κ1) is 14.7. The van der Waals surface area contributed by atoms with Crippen LogP contribution in [0.2, 0.25) is 0 Å². The zero-order valence-electron chi connectivity index (χ0n) is 11.0. The van der Waals surface area contributed by atoms with Crippen molar-refractivity contribution in [2.45, 2.75) is 31.3 Å². The summed E-state index contributed by atoms with van der Waals surface area (Å²) in [4.78, 5) is 4.01.